The molecule has 0 saturated heterocycles. The molecule has 0 aromatic heterocycles. The summed E-state index contributed by atoms with van der Waals surface area (Å²) in [4.78, 5) is 3.94. The lowest BCUT2D eigenvalue weighted by Gasteiger charge is -2.08. The van der Waals surface area contributed by atoms with Gasteiger partial charge in [-0.25, -0.2) is 0 Å². The van der Waals surface area contributed by atoms with Crippen molar-refractivity contribution < 1.29 is 9.47 Å². The number of hydrogen-bond acceptors (Lipinski definition) is 3. The molecule has 0 spiro atoms. The first-order valence-electron chi connectivity index (χ1n) is 3.96. The van der Waals surface area contributed by atoms with Crippen LogP contribution in [0.4, 0.5) is 0 Å². The molecule has 0 aliphatic heterocycles. The quantitative estimate of drug-likeness (QED) is 0.662. The average Bonchev–Trinajstić information content (AvgIpc) is 2.18. The third-order valence-electron chi connectivity index (χ3n) is 1.72. The molecule has 0 aliphatic rings. The van der Waals surface area contributed by atoms with E-state index in [0.717, 1.165) is 17.1 Å². The van der Waals surface area contributed by atoms with E-state index in [-0.39, 0.29) is 0 Å². The minimum Gasteiger partial charge on any atom is -0.496 e. The first-order valence-corrected chi connectivity index (χ1v) is 3.96. The molecule has 13 heavy (non-hydrogen) atoms. The molecule has 1 aromatic rings. The van der Waals surface area contributed by atoms with Gasteiger partial charge in [0.25, 0.3) is 0 Å². The molecule has 0 atom stereocenters. The Balaban J connectivity index is 3.21. The summed E-state index contributed by atoms with van der Waals surface area (Å²) in [5.74, 6) is 1.54. The van der Waals surface area contributed by atoms with Crippen molar-refractivity contribution in [3.63, 3.8) is 0 Å². The van der Waals surface area contributed by atoms with Gasteiger partial charge >= 0.3 is 0 Å². The molecule has 0 fully saturated rings. The summed E-state index contributed by atoms with van der Waals surface area (Å²) < 4.78 is 10.3. The van der Waals surface area contributed by atoms with Crippen molar-refractivity contribution in [1.82, 2.24) is 0 Å². The smallest absolute Gasteiger partial charge is 0.131 e. The molecule has 0 saturated carbocycles. The molecule has 0 bridgehead atoms. The predicted octanol–water partition coefficient (Wildman–Crippen LogP) is 1.75. The van der Waals surface area contributed by atoms with Crippen molar-refractivity contribution in [1.29, 1.82) is 0 Å². The van der Waals surface area contributed by atoms with E-state index in [0.29, 0.717) is 0 Å². The van der Waals surface area contributed by atoms with E-state index >= 15 is 0 Å². The summed E-state index contributed by atoms with van der Waals surface area (Å²) in [6.07, 6.45) is 1.72. The second-order valence-corrected chi connectivity index (χ2v) is 2.46. The predicted molar refractivity (Wildman–Crippen MR) is 53.1 cm³/mol. The SMILES string of the molecule is CN=Cc1c(OC)cccc1OC. The molecule has 3 heteroatoms. The van der Waals surface area contributed by atoms with Crippen LogP contribution < -0.4 is 9.47 Å². The van der Waals surface area contributed by atoms with Gasteiger partial charge in [-0.15, -0.1) is 0 Å². The Labute approximate surface area is 78.0 Å². The fourth-order valence-corrected chi connectivity index (χ4v) is 1.14. The van der Waals surface area contributed by atoms with Crippen molar-refractivity contribution in [3.8, 4) is 11.5 Å². The van der Waals surface area contributed by atoms with Gasteiger partial charge in [0.2, 0.25) is 0 Å². The Morgan fingerprint density at radius 1 is 1.15 bits per heavy atom. The second kappa shape index (κ2) is 4.50. The van der Waals surface area contributed by atoms with Crippen LogP contribution in [0.15, 0.2) is 23.2 Å². The van der Waals surface area contributed by atoms with Crippen LogP contribution in [-0.2, 0) is 0 Å². The lowest BCUT2D eigenvalue weighted by atomic mass is 10.2. The summed E-state index contributed by atoms with van der Waals surface area (Å²) in [6, 6.07) is 5.63. The van der Waals surface area contributed by atoms with E-state index in [1.54, 1.807) is 27.5 Å². The van der Waals surface area contributed by atoms with Crippen molar-refractivity contribution in [2.75, 3.05) is 21.3 Å². The fraction of sp³-hybridized carbons (Fsp3) is 0.300. The molecule has 0 amide bonds. The summed E-state index contributed by atoms with van der Waals surface area (Å²) in [6.45, 7) is 0. The van der Waals surface area contributed by atoms with Gasteiger partial charge < -0.3 is 9.47 Å². The highest BCUT2D eigenvalue weighted by molar-refractivity contribution is 5.87. The number of nitrogens with zero attached hydrogens (tertiary/aromatic N) is 1. The Kier molecular flexibility index (Phi) is 3.31. The van der Waals surface area contributed by atoms with Crippen LogP contribution in [0.25, 0.3) is 0 Å². The highest BCUT2D eigenvalue weighted by Gasteiger charge is 2.05. The fourth-order valence-electron chi connectivity index (χ4n) is 1.14. The summed E-state index contributed by atoms with van der Waals surface area (Å²) in [5.41, 5.74) is 0.870. The second-order valence-electron chi connectivity index (χ2n) is 2.46. The highest BCUT2D eigenvalue weighted by Crippen LogP contribution is 2.25. The summed E-state index contributed by atoms with van der Waals surface area (Å²) >= 11 is 0. The van der Waals surface area contributed by atoms with Gasteiger partial charge in [0.1, 0.15) is 11.5 Å². The number of methoxy groups -OCH3 is 2. The van der Waals surface area contributed by atoms with Gasteiger partial charge in [-0.05, 0) is 12.1 Å². The normalized spacial score (nSPS) is 10.4. The van der Waals surface area contributed by atoms with E-state index in [1.165, 1.54) is 0 Å². The largest absolute Gasteiger partial charge is 0.496 e. The van der Waals surface area contributed by atoms with Crippen molar-refractivity contribution in [2.24, 2.45) is 4.99 Å². The average molecular weight is 179 g/mol. The third-order valence-corrected chi connectivity index (χ3v) is 1.72. The number of aliphatic imine (C=N–C) groups is 1. The van der Waals surface area contributed by atoms with Gasteiger partial charge in [0.05, 0.1) is 19.8 Å². The topological polar surface area (TPSA) is 30.8 Å². The maximum Gasteiger partial charge on any atom is 0.131 e. The standard InChI is InChI=1S/C10H13NO2/c1-11-7-8-9(12-2)5-4-6-10(8)13-3/h4-7H,1-3H3. The van der Waals surface area contributed by atoms with Crippen molar-refractivity contribution in [2.45, 2.75) is 0 Å². The first kappa shape index (κ1) is 9.58. The number of ether oxygens (including phenoxy) is 2. The molecule has 0 unspecified atom stereocenters. The van der Waals surface area contributed by atoms with Crippen LogP contribution >= 0.6 is 0 Å². The Bertz CT molecular complexity index is 286. The minimum absolute atomic E-state index is 0.768. The van der Waals surface area contributed by atoms with Crippen LogP contribution in [0.1, 0.15) is 5.56 Å². The van der Waals surface area contributed by atoms with Gasteiger partial charge in [0, 0.05) is 13.3 Å². The molecule has 0 N–H and O–H groups in total. The lowest BCUT2D eigenvalue weighted by Crippen LogP contribution is -1.95. The molecule has 70 valence electrons. The molecular weight excluding hydrogens is 166 g/mol. The number of benzene rings is 1. The monoisotopic (exact) mass is 179 g/mol. The molecular formula is C10H13NO2. The van der Waals surface area contributed by atoms with E-state index in [4.69, 9.17) is 9.47 Å². The zero-order valence-electron chi connectivity index (χ0n) is 8.07. The molecule has 1 rings (SSSR count). The highest BCUT2D eigenvalue weighted by atomic mass is 16.5. The van der Waals surface area contributed by atoms with Crippen LogP contribution in [0.2, 0.25) is 0 Å². The van der Waals surface area contributed by atoms with Crippen LogP contribution in [0, 0.1) is 0 Å². The molecule has 3 nitrogen and oxygen atoms in total. The number of rotatable bonds is 3. The third kappa shape index (κ3) is 1.99. The van der Waals surface area contributed by atoms with Crippen molar-refractivity contribution >= 4 is 6.21 Å². The zero-order valence-corrected chi connectivity index (χ0v) is 8.07. The van der Waals surface area contributed by atoms with E-state index in [2.05, 4.69) is 4.99 Å². The molecule has 0 aliphatic carbocycles. The molecule has 0 radical (unpaired) electrons. The van der Waals surface area contributed by atoms with Crippen LogP contribution in [0.3, 0.4) is 0 Å². The Hall–Kier alpha value is -1.51. The van der Waals surface area contributed by atoms with Crippen LogP contribution in [-0.4, -0.2) is 27.5 Å². The Morgan fingerprint density at radius 3 is 2.08 bits per heavy atom. The minimum atomic E-state index is 0.768. The van der Waals surface area contributed by atoms with E-state index in [1.807, 2.05) is 18.2 Å². The van der Waals surface area contributed by atoms with E-state index in [9.17, 15) is 0 Å². The van der Waals surface area contributed by atoms with Gasteiger partial charge in [-0.2, -0.15) is 0 Å². The molecule has 1 aromatic carbocycles. The summed E-state index contributed by atoms with van der Waals surface area (Å²) in [5, 5.41) is 0. The summed E-state index contributed by atoms with van der Waals surface area (Å²) in [7, 11) is 4.97. The van der Waals surface area contributed by atoms with Crippen molar-refractivity contribution in [3.05, 3.63) is 23.8 Å². The van der Waals surface area contributed by atoms with Gasteiger partial charge in [-0.3, -0.25) is 4.99 Å². The lowest BCUT2D eigenvalue weighted by molar-refractivity contribution is 0.393. The first-order chi connectivity index (χ1) is 6.33. The zero-order chi connectivity index (χ0) is 9.68. The van der Waals surface area contributed by atoms with Gasteiger partial charge in [-0.1, -0.05) is 6.07 Å². The number of hydrogen-bond donors (Lipinski definition) is 0. The molecule has 0 heterocycles. The van der Waals surface area contributed by atoms with Gasteiger partial charge in [0.15, 0.2) is 0 Å². The maximum atomic E-state index is 5.17. The Morgan fingerprint density at radius 2 is 1.69 bits per heavy atom. The maximum absolute atomic E-state index is 5.17. The van der Waals surface area contributed by atoms with E-state index < -0.39 is 0 Å². The van der Waals surface area contributed by atoms with Crippen LogP contribution in [0.5, 0.6) is 11.5 Å².